The molecule has 0 bridgehead atoms. The number of carbonyl (C=O) groups excluding carboxylic acids is 1. The van der Waals surface area contributed by atoms with Crippen molar-refractivity contribution in [3.63, 3.8) is 0 Å². The van der Waals surface area contributed by atoms with Gasteiger partial charge in [-0.3, -0.25) is 4.79 Å². The highest BCUT2D eigenvalue weighted by atomic mass is 79.9. The molecule has 2 aromatic heterocycles. The average molecular weight is 323 g/mol. The van der Waals surface area contributed by atoms with Crippen molar-refractivity contribution in [2.24, 2.45) is 0 Å². The van der Waals surface area contributed by atoms with Crippen molar-refractivity contribution in [3.8, 4) is 0 Å². The number of fused-ring (bicyclic) bond motifs is 1. The molecule has 1 aliphatic heterocycles. The number of hydrogen-bond donors (Lipinski definition) is 1. The molecule has 0 spiro atoms. The maximum absolute atomic E-state index is 12.3. The molecular weight excluding hydrogens is 308 g/mol. The van der Waals surface area contributed by atoms with Crippen LogP contribution in [0.15, 0.2) is 22.9 Å². The smallest absolute Gasteiger partial charge is 0.165 e. The van der Waals surface area contributed by atoms with Gasteiger partial charge in [0, 0.05) is 40.8 Å². The number of ether oxygens (including phenoxy) is 1. The molecule has 1 N–H and O–H groups in total. The van der Waals surface area contributed by atoms with Crippen LogP contribution in [-0.4, -0.2) is 28.5 Å². The Morgan fingerprint density at radius 1 is 1.58 bits per heavy atom. The Morgan fingerprint density at radius 3 is 3.26 bits per heavy atom. The number of aromatic amines is 1. The van der Waals surface area contributed by atoms with Crippen molar-refractivity contribution in [1.82, 2.24) is 9.97 Å². The maximum atomic E-state index is 12.3. The molecule has 100 valence electrons. The molecule has 0 amide bonds. The minimum absolute atomic E-state index is 0.154. The van der Waals surface area contributed by atoms with Crippen LogP contribution in [-0.2, 0) is 4.74 Å². The molecule has 0 saturated carbocycles. The lowest BCUT2D eigenvalue weighted by molar-refractivity contribution is 0.0860. The Bertz CT molecular complexity index is 603. The summed E-state index contributed by atoms with van der Waals surface area (Å²) in [5, 5.41) is 0.881. The lowest BCUT2D eigenvalue weighted by Crippen LogP contribution is -2.08. The Balaban J connectivity index is 1.75. The number of nitrogens with zero attached hydrogens (tertiary/aromatic N) is 1. The zero-order chi connectivity index (χ0) is 13.2. The monoisotopic (exact) mass is 322 g/mol. The Kier molecular flexibility index (Phi) is 3.66. The molecule has 1 unspecified atom stereocenters. The number of hydrogen-bond acceptors (Lipinski definition) is 3. The highest BCUT2D eigenvalue weighted by Gasteiger charge is 2.19. The SMILES string of the molecule is O=C(CCC1CCCO1)c1c[nH]c2ncc(Br)cc12. The second kappa shape index (κ2) is 5.43. The van der Waals surface area contributed by atoms with Crippen LogP contribution in [0.3, 0.4) is 0 Å². The summed E-state index contributed by atoms with van der Waals surface area (Å²) in [6.07, 6.45) is 7.27. The first kappa shape index (κ1) is 12.8. The summed E-state index contributed by atoms with van der Waals surface area (Å²) in [6, 6.07) is 1.93. The Morgan fingerprint density at radius 2 is 2.47 bits per heavy atom. The second-order valence-electron chi connectivity index (χ2n) is 4.85. The number of halogens is 1. The predicted molar refractivity (Wildman–Crippen MR) is 76.3 cm³/mol. The molecular formula is C14H15BrN2O2. The van der Waals surface area contributed by atoms with E-state index >= 15 is 0 Å². The third-order valence-corrected chi connectivity index (χ3v) is 3.95. The van der Waals surface area contributed by atoms with E-state index < -0.39 is 0 Å². The summed E-state index contributed by atoms with van der Waals surface area (Å²) in [6.45, 7) is 0.836. The minimum Gasteiger partial charge on any atom is -0.378 e. The van der Waals surface area contributed by atoms with Crippen LogP contribution in [0.4, 0.5) is 0 Å². The third-order valence-electron chi connectivity index (χ3n) is 3.52. The molecule has 1 fully saturated rings. The van der Waals surface area contributed by atoms with Gasteiger partial charge in [-0.2, -0.15) is 0 Å². The van der Waals surface area contributed by atoms with Crippen molar-refractivity contribution >= 4 is 32.7 Å². The van der Waals surface area contributed by atoms with Crippen LogP contribution in [0.25, 0.3) is 11.0 Å². The fraction of sp³-hybridized carbons (Fsp3) is 0.429. The van der Waals surface area contributed by atoms with Gasteiger partial charge in [0.1, 0.15) is 5.65 Å². The quantitative estimate of drug-likeness (QED) is 0.877. The third kappa shape index (κ3) is 2.72. The summed E-state index contributed by atoms with van der Waals surface area (Å²) in [7, 11) is 0. The maximum Gasteiger partial charge on any atom is 0.165 e. The Hall–Kier alpha value is -1.20. The molecule has 3 heterocycles. The van der Waals surface area contributed by atoms with Gasteiger partial charge in [0.15, 0.2) is 5.78 Å². The van der Waals surface area contributed by atoms with Gasteiger partial charge in [0.2, 0.25) is 0 Å². The highest BCUT2D eigenvalue weighted by Crippen LogP contribution is 2.23. The number of rotatable bonds is 4. The summed E-state index contributed by atoms with van der Waals surface area (Å²) >= 11 is 3.39. The summed E-state index contributed by atoms with van der Waals surface area (Å²) < 4.78 is 6.43. The van der Waals surface area contributed by atoms with Crippen molar-refractivity contribution < 1.29 is 9.53 Å². The summed E-state index contributed by atoms with van der Waals surface area (Å²) in [5.41, 5.74) is 1.48. The zero-order valence-corrected chi connectivity index (χ0v) is 12.1. The molecule has 0 radical (unpaired) electrons. The standard InChI is InChI=1S/C14H15BrN2O2/c15-9-6-11-12(8-17-14(11)16-7-9)13(18)4-3-10-2-1-5-19-10/h6-8,10H,1-5H2,(H,16,17). The van der Waals surface area contributed by atoms with Crippen LogP contribution in [0.5, 0.6) is 0 Å². The minimum atomic E-state index is 0.154. The molecule has 0 aromatic carbocycles. The van der Waals surface area contributed by atoms with Crippen LogP contribution in [0.2, 0.25) is 0 Å². The van der Waals surface area contributed by atoms with E-state index in [4.69, 9.17) is 4.74 Å². The van der Waals surface area contributed by atoms with Crippen LogP contribution in [0.1, 0.15) is 36.0 Å². The van der Waals surface area contributed by atoms with Gasteiger partial charge >= 0.3 is 0 Å². The molecule has 1 saturated heterocycles. The van der Waals surface area contributed by atoms with Crippen molar-refractivity contribution in [1.29, 1.82) is 0 Å². The normalized spacial score (nSPS) is 19.1. The van der Waals surface area contributed by atoms with E-state index in [1.165, 1.54) is 0 Å². The van der Waals surface area contributed by atoms with Crippen LogP contribution >= 0.6 is 15.9 Å². The number of aromatic nitrogens is 2. The first-order chi connectivity index (χ1) is 9.24. The van der Waals surface area contributed by atoms with Gasteiger partial charge in [0.25, 0.3) is 0 Å². The topological polar surface area (TPSA) is 55.0 Å². The highest BCUT2D eigenvalue weighted by molar-refractivity contribution is 9.10. The lowest BCUT2D eigenvalue weighted by Gasteiger charge is -2.07. The largest absolute Gasteiger partial charge is 0.378 e. The summed E-state index contributed by atoms with van der Waals surface area (Å²) in [5.74, 6) is 0.154. The Labute approximate surface area is 119 Å². The number of Topliss-reactive ketones (excluding diaryl/α,β-unsaturated/α-hetero) is 1. The van der Waals surface area contributed by atoms with E-state index in [1.807, 2.05) is 6.07 Å². The molecule has 0 aliphatic carbocycles. The molecule has 5 heteroatoms. The van der Waals surface area contributed by atoms with Crippen molar-refractivity contribution in [3.05, 3.63) is 28.5 Å². The van der Waals surface area contributed by atoms with E-state index in [0.717, 1.165) is 46.9 Å². The van der Waals surface area contributed by atoms with E-state index in [9.17, 15) is 4.79 Å². The summed E-state index contributed by atoms with van der Waals surface area (Å²) in [4.78, 5) is 19.6. The van der Waals surface area contributed by atoms with Gasteiger partial charge in [0.05, 0.1) is 6.10 Å². The molecule has 2 aromatic rings. The van der Waals surface area contributed by atoms with Crippen molar-refractivity contribution in [2.75, 3.05) is 6.61 Å². The number of H-pyrrole nitrogens is 1. The number of pyridine rings is 1. The first-order valence-electron chi connectivity index (χ1n) is 6.51. The lowest BCUT2D eigenvalue weighted by atomic mass is 10.0. The fourth-order valence-electron chi connectivity index (χ4n) is 2.51. The molecule has 3 rings (SSSR count). The van der Waals surface area contributed by atoms with Gasteiger partial charge in [-0.1, -0.05) is 0 Å². The van der Waals surface area contributed by atoms with E-state index in [0.29, 0.717) is 6.42 Å². The van der Waals surface area contributed by atoms with Crippen LogP contribution < -0.4 is 0 Å². The number of nitrogens with one attached hydrogen (secondary N) is 1. The number of ketones is 1. The molecule has 4 nitrogen and oxygen atoms in total. The molecule has 19 heavy (non-hydrogen) atoms. The van der Waals surface area contributed by atoms with Gasteiger partial charge in [-0.25, -0.2) is 4.98 Å². The van der Waals surface area contributed by atoms with E-state index in [2.05, 4.69) is 25.9 Å². The van der Waals surface area contributed by atoms with E-state index in [1.54, 1.807) is 12.4 Å². The zero-order valence-electron chi connectivity index (χ0n) is 10.5. The number of carbonyl (C=O) groups is 1. The van der Waals surface area contributed by atoms with Crippen LogP contribution in [0, 0.1) is 0 Å². The van der Waals surface area contributed by atoms with Crippen molar-refractivity contribution in [2.45, 2.75) is 31.8 Å². The molecule has 1 atom stereocenters. The second-order valence-corrected chi connectivity index (χ2v) is 5.76. The fourth-order valence-corrected chi connectivity index (χ4v) is 2.84. The average Bonchev–Trinajstić information content (AvgIpc) is 3.04. The van der Waals surface area contributed by atoms with E-state index in [-0.39, 0.29) is 11.9 Å². The predicted octanol–water partition coefficient (Wildman–Crippen LogP) is 3.47. The van der Waals surface area contributed by atoms with Gasteiger partial charge < -0.3 is 9.72 Å². The van der Waals surface area contributed by atoms with Gasteiger partial charge in [-0.05, 0) is 41.3 Å². The van der Waals surface area contributed by atoms with Gasteiger partial charge in [-0.15, -0.1) is 0 Å². The first-order valence-corrected chi connectivity index (χ1v) is 7.31. The molecule has 1 aliphatic rings.